The van der Waals surface area contributed by atoms with Crippen LogP contribution in [0.1, 0.15) is 6.42 Å². The number of para-hydroxylation sites is 2. The first-order valence-electron chi connectivity index (χ1n) is 5.96. The zero-order valence-electron chi connectivity index (χ0n) is 9.84. The minimum Gasteiger partial charge on any atom is -0.491 e. The van der Waals surface area contributed by atoms with Crippen LogP contribution in [0.4, 0.5) is 11.5 Å². The molecule has 0 bridgehead atoms. The van der Waals surface area contributed by atoms with E-state index in [-0.39, 0.29) is 0 Å². The number of halogens is 1. The number of rotatable bonds is 1. The molecule has 0 N–H and O–H groups in total. The van der Waals surface area contributed by atoms with Crippen LogP contribution in [0, 0.1) is 0 Å². The van der Waals surface area contributed by atoms with Gasteiger partial charge < -0.3 is 9.64 Å². The summed E-state index contributed by atoms with van der Waals surface area (Å²) in [5.41, 5.74) is 1.05. The van der Waals surface area contributed by atoms with Crippen LogP contribution in [0.15, 0.2) is 42.5 Å². The van der Waals surface area contributed by atoms with E-state index in [1.54, 1.807) is 6.07 Å². The predicted octanol–water partition coefficient (Wildman–Crippen LogP) is 3.66. The topological polar surface area (TPSA) is 25.4 Å². The van der Waals surface area contributed by atoms with Gasteiger partial charge in [-0.15, -0.1) is 0 Å². The Morgan fingerprint density at radius 1 is 1.11 bits per heavy atom. The SMILES string of the molecule is Clc1cccc(N2CCCOc3ccccc32)n1. The van der Waals surface area contributed by atoms with Crippen LogP contribution in [-0.2, 0) is 0 Å². The molecule has 18 heavy (non-hydrogen) atoms. The molecule has 1 aliphatic heterocycles. The lowest BCUT2D eigenvalue weighted by molar-refractivity contribution is 0.322. The molecule has 0 amide bonds. The van der Waals surface area contributed by atoms with Crippen LogP contribution in [-0.4, -0.2) is 18.1 Å². The number of aromatic nitrogens is 1. The summed E-state index contributed by atoms with van der Waals surface area (Å²) in [6.07, 6.45) is 0.961. The standard InChI is InChI=1S/C14H13ClN2O/c15-13-7-3-8-14(16-13)17-9-4-10-18-12-6-2-1-5-11(12)17/h1-3,5-8H,4,9-10H2. The number of hydrogen-bond donors (Lipinski definition) is 0. The average Bonchev–Trinajstić information content (AvgIpc) is 2.61. The van der Waals surface area contributed by atoms with Crippen molar-refractivity contribution in [3.8, 4) is 5.75 Å². The summed E-state index contributed by atoms with van der Waals surface area (Å²) in [6.45, 7) is 1.61. The first-order valence-corrected chi connectivity index (χ1v) is 6.34. The summed E-state index contributed by atoms with van der Waals surface area (Å²) >= 11 is 5.96. The Labute approximate surface area is 111 Å². The Bertz CT molecular complexity index is 559. The lowest BCUT2D eigenvalue weighted by Gasteiger charge is -2.22. The van der Waals surface area contributed by atoms with Crippen molar-refractivity contribution in [2.45, 2.75) is 6.42 Å². The lowest BCUT2D eigenvalue weighted by atomic mass is 10.2. The van der Waals surface area contributed by atoms with Gasteiger partial charge in [0.05, 0.1) is 12.3 Å². The molecule has 0 atom stereocenters. The Morgan fingerprint density at radius 3 is 2.89 bits per heavy atom. The highest BCUT2D eigenvalue weighted by molar-refractivity contribution is 6.29. The van der Waals surface area contributed by atoms with E-state index in [0.717, 1.165) is 36.8 Å². The van der Waals surface area contributed by atoms with Crippen LogP contribution < -0.4 is 9.64 Å². The summed E-state index contributed by atoms with van der Waals surface area (Å²) in [4.78, 5) is 6.52. The molecule has 0 aliphatic carbocycles. The van der Waals surface area contributed by atoms with Crippen LogP contribution in [0.3, 0.4) is 0 Å². The highest BCUT2D eigenvalue weighted by atomic mass is 35.5. The van der Waals surface area contributed by atoms with Gasteiger partial charge in [0.15, 0.2) is 0 Å². The van der Waals surface area contributed by atoms with Crippen molar-refractivity contribution >= 4 is 23.1 Å². The molecular formula is C14H13ClN2O. The normalized spacial score (nSPS) is 14.6. The molecule has 3 nitrogen and oxygen atoms in total. The Kier molecular flexibility index (Phi) is 3.07. The molecule has 0 saturated heterocycles. The zero-order chi connectivity index (χ0) is 12.4. The van der Waals surface area contributed by atoms with Crippen molar-refractivity contribution in [1.29, 1.82) is 0 Å². The fourth-order valence-electron chi connectivity index (χ4n) is 2.11. The van der Waals surface area contributed by atoms with E-state index < -0.39 is 0 Å². The Hall–Kier alpha value is -1.74. The van der Waals surface area contributed by atoms with Gasteiger partial charge in [0.2, 0.25) is 0 Å². The molecule has 0 fully saturated rings. The predicted molar refractivity (Wildman–Crippen MR) is 72.8 cm³/mol. The van der Waals surface area contributed by atoms with Gasteiger partial charge in [0.1, 0.15) is 16.7 Å². The molecule has 0 radical (unpaired) electrons. The summed E-state index contributed by atoms with van der Waals surface area (Å²) in [7, 11) is 0. The fourth-order valence-corrected chi connectivity index (χ4v) is 2.27. The number of benzene rings is 1. The van der Waals surface area contributed by atoms with E-state index in [1.807, 2.05) is 36.4 Å². The first kappa shape index (κ1) is 11.4. The molecule has 1 aromatic carbocycles. The van der Waals surface area contributed by atoms with Crippen molar-refractivity contribution in [2.75, 3.05) is 18.1 Å². The van der Waals surface area contributed by atoms with Gasteiger partial charge in [0.25, 0.3) is 0 Å². The van der Waals surface area contributed by atoms with Crippen molar-refractivity contribution < 1.29 is 4.74 Å². The molecule has 1 aromatic heterocycles. The highest BCUT2D eigenvalue weighted by Gasteiger charge is 2.18. The molecule has 4 heteroatoms. The maximum atomic E-state index is 5.96. The summed E-state index contributed by atoms with van der Waals surface area (Å²) < 4.78 is 5.73. The number of pyridine rings is 1. The number of nitrogens with zero attached hydrogens (tertiary/aromatic N) is 2. The summed E-state index contributed by atoms with van der Waals surface area (Å²) in [5, 5.41) is 0.509. The molecule has 0 saturated carbocycles. The molecule has 0 spiro atoms. The second kappa shape index (κ2) is 4.86. The number of anilines is 2. The smallest absolute Gasteiger partial charge is 0.142 e. The van der Waals surface area contributed by atoms with Gasteiger partial charge in [-0.1, -0.05) is 29.8 Å². The monoisotopic (exact) mass is 260 g/mol. The Balaban J connectivity index is 2.06. The van der Waals surface area contributed by atoms with E-state index in [1.165, 1.54) is 0 Å². The van der Waals surface area contributed by atoms with Crippen molar-refractivity contribution in [1.82, 2.24) is 4.98 Å². The van der Waals surface area contributed by atoms with Crippen molar-refractivity contribution in [2.24, 2.45) is 0 Å². The van der Waals surface area contributed by atoms with Crippen LogP contribution in [0.25, 0.3) is 0 Å². The first-order chi connectivity index (χ1) is 8.84. The third-order valence-corrected chi connectivity index (χ3v) is 3.13. The third-order valence-electron chi connectivity index (χ3n) is 2.92. The van der Waals surface area contributed by atoms with E-state index in [9.17, 15) is 0 Å². The van der Waals surface area contributed by atoms with E-state index in [2.05, 4.69) is 9.88 Å². The molecular weight excluding hydrogens is 248 g/mol. The van der Waals surface area contributed by atoms with Gasteiger partial charge >= 0.3 is 0 Å². The van der Waals surface area contributed by atoms with Crippen molar-refractivity contribution in [3.05, 3.63) is 47.6 Å². The van der Waals surface area contributed by atoms with Crippen molar-refractivity contribution in [3.63, 3.8) is 0 Å². The number of hydrogen-bond acceptors (Lipinski definition) is 3. The lowest BCUT2D eigenvalue weighted by Crippen LogP contribution is -2.18. The second-order valence-electron chi connectivity index (χ2n) is 4.14. The van der Waals surface area contributed by atoms with Crippen LogP contribution in [0.5, 0.6) is 5.75 Å². The summed E-state index contributed by atoms with van der Waals surface area (Å²) in [6, 6.07) is 13.7. The minimum absolute atomic E-state index is 0.509. The number of fused-ring (bicyclic) bond motifs is 1. The second-order valence-corrected chi connectivity index (χ2v) is 4.53. The third kappa shape index (κ3) is 2.14. The summed E-state index contributed by atoms with van der Waals surface area (Å²) in [5.74, 6) is 1.76. The van der Waals surface area contributed by atoms with Crippen LogP contribution in [0.2, 0.25) is 5.15 Å². The fraction of sp³-hybridized carbons (Fsp3) is 0.214. The van der Waals surface area contributed by atoms with Gasteiger partial charge in [-0.25, -0.2) is 4.98 Å². The van der Waals surface area contributed by atoms with Gasteiger partial charge in [0, 0.05) is 6.54 Å². The van der Waals surface area contributed by atoms with Crippen LogP contribution >= 0.6 is 11.6 Å². The largest absolute Gasteiger partial charge is 0.491 e. The van der Waals surface area contributed by atoms with E-state index >= 15 is 0 Å². The van der Waals surface area contributed by atoms with Gasteiger partial charge in [-0.2, -0.15) is 0 Å². The maximum absolute atomic E-state index is 5.96. The molecule has 2 aromatic rings. The zero-order valence-corrected chi connectivity index (χ0v) is 10.6. The minimum atomic E-state index is 0.509. The highest BCUT2D eigenvalue weighted by Crippen LogP contribution is 2.35. The molecule has 0 unspecified atom stereocenters. The maximum Gasteiger partial charge on any atom is 0.142 e. The number of ether oxygens (including phenoxy) is 1. The molecule has 2 heterocycles. The average molecular weight is 261 g/mol. The molecule has 3 rings (SSSR count). The van der Waals surface area contributed by atoms with E-state index in [4.69, 9.17) is 16.3 Å². The van der Waals surface area contributed by atoms with E-state index in [0.29, 0.717) is 5.15 Å². The quantitative estimate of drug-likeness (QED) is 0.732. The van der Waals surface area contributed by atoms with Gasteiger partial charge in [-0.3, -0.25) is 0 Å². The molecule has 92 valence electrons. The van der Waals surface area contributed by atoms with Gasteiger partial charge in [-0.05, 0) is 30.7 Å². The molecule has 1 aliphatic rings. The Morgan fingerprint density at radius 2 is 2.00 bits per heavy atom.